The summed E-state index contributed by atoms with van der Waals surface area (Å²) >= 11 is 0. The van der Waals surface area contributed by atoms with Crippen LogP contribution in [-0.4, -0.2) is 19.1 Å². The molecule has 112 valence electrons. The molecule has 1 aromatic heterocycles. The van der Waals surface area contributed by atoms with Gasteiger partial charge in [0, 0.05) is 18.8 Å². The largest absolute Gasteiger partial charge is 0.467 e. The number of amides is 1. The maximum absolute atomic E-state index is 13.5. The minimum absolute atomic E-state index is 0.0132. The molecule has 0 atom stereocenters. The zero-order chi connectivity index (χ0) is 15.1. The van der Waals surface area contributed by atoms with Crippen LogP contribution in [0.25, 0.3) is 0 Å². The topological polar surface area (TPSA) is 77.5 Å². The summed E-state index contributed by atoms with van der Waals surface area (Å²) in [4.78, 5) is 11.7. The lowest BCUT2D eigenvalue weighted by Crippen LogP contribution is -2.26. The number of rotatable bonds is 7. The Hall–Kier alpha value is -2.34. The summed E-state index contributed by atoms with van der Waals surface area (Å²) in [5.74, 6) is -0.330. The third kappa shape index (κ3) is 4.61. The highest BCUT2D eigenvalue weighted by Crippen LogP contribution is 2.11. The second kappa shape index (κ2) is 7.44. The van der Waals surface area contributed by atoms with Gasteiger partial charge < -0.3 is 20.2 Å². The number of anilines is 1. The zero-order valence-electron chi connectivity index (χ0n) is 11.5. The second-order valence-corrected chi connectivity index (χ2v) is 4.48. The van der Waals surface area contributed by atoms with Crippen molar-refractivity contribution in [2.24, 2.45) is 0 Å². The third-order valence-corrected chi connectivity index (χ3v) is 2.81. The van der Waals surface area contributed by atoms with Crippen LogP contribution in [-0.2, 0) is 11.3 Å². The standard InChI is InChI=1S/C15H17FN2O3/c16-14-9-11(17)4-5-13(14)15(19)18-6-2-7-20-10-12-3-1-8-21-12/h1,3-5,8-9H,2,6-7,10,17H2,(H,18,19). The number of ether oxygens (including phenoxy) is 1. The molecular formula is C15H17FN2O3. The lowest BCUT2D eigenvalue weighted by molar-refractivity contribution is 0.0914. The van der Waals surface area contributed by atoms with Gasteiger partial charge in [-0.25, -0.2) is 4.39 Å². The monoisotopic (exact) mass is 292 g/mol. The molecule has 0 aliphatic heterocycles. The van der Waals surface area contributed by atoms with E-state index in [1.807, 2.05) is 6.07 Å². The molecule has 1 amide bonds. The Morgan fingerprint density at radius 2 is 2.24 bits per heavy atom. The van der Waals surface area contributed by atoms with E-state index in [4.69, 9.17) is 14.9 Å². The van der Waals surface area contributed by atoms with Crippen LogP contribution in [0.15, 0.2) is 41.0 Å². The van der Waals surface area contributed by atoms with Gasteiger partial charge >= 0.3 is 0 Å². The molecule has 6 heteroatoms. The summed E-state index contributed by atoms with van der Waals surface area (Å²) in [5.41, 5.74) is 5.70. The van der Waals surface area contributed by atoms with Crippen molar-refractivity contribution in [3.8, 4) is 0 Å². The quantitative estimate of drug-likeness (QED) is 0.606. The molecule has 0 saturated heterocycles. The number of carbonyl (C=O) groups is 1. The Morgan fingerprint density at radius 1 is 1.38 bits per heavy atom. The smallest absolute Gasteiger partial charge is 0.254 e. The van der Waals surface area contributed by atoms with Gasteiger partial charge in [0.2, 0.25) is 0 Å². The van der Waals surface area contributed by atoms with Crippen molar-refractivity contribution in [1.29, 1.82) is 0 Å². The molecule has 0 bridgehead atoms. The van der Waals surface area contributed by atoms with Crippen molar-refractivity contribution >= 4 is 11.6 Å². The molecule has 1 heterocycles. The SMILES string of the molecule is Nc1ccc(C(=O)NCCCOCc2ccco2)c(F)c1. The molecule has 0 fully saturated rings. The van der Waals surface area contributed by atoms with Gasteiger partial charge in [-0.15, -0.1) is 0 Å². The fourth-order valence-electron chi connectivity index (χ4n) is 1.75. The van der Waals surface area contributed by atoms with Gasteiger partial charge in [0.1, 0.15) is 18.2 Å². The van der Waals surface area contributed by atoms with Crippen LogP contribution in [0.3, 0.4) is 0 Å². The van der Waals surface area contributed by atoms with Crippen molar-refractivity contribution in [2.75, 3.05) is 18.9 Å². The Balaban J connectivity index is 1.65. The molecule has 5 nitrogen and oxygen atoms in total. The van der Waals surface area contributed by atoms with Gasteiger partial charge in [0.25, 0.3) is 5.91 Å². The van der Waals surface area contributed by atoms with Crippen molar-refractivity contribution in [1.82, 2.24) is 5.32 Å². The highest BCUT2D eigenvalue weighted by molar-refractivity contribution is 5.94. The van der Waals surface area contributed by atoms with Gasteiger partial charge in [-0.1, -0.05) is 0 Å². The lowest BCUT2D eigenvalue weighted by Gasteiger charge is -2.07. The van der Waals surface area contributed by atoms with Gasteiger partial charge in [-0.05, 0) is 36.8 Å². The Labute approximate surface area is 121 Å². The number of carbonyl (C=O) groups excluding carboxylic acids is 1. The number of nitrogens with two attached hydrogens (primary N) is 1. The summed E-state index contributed by atoms with van der Waals surface area (Å²) in [6.45, 7) is 1.28. The van der Waals surface area contributed by atoms with Gasteiger partial charge in [-0.2, -0.15) is 0 Å². The summed E-state index contributed by atoms with van der Waals surface area (Å²) in [7, 11) is 0. The van der Waals surface area contributed by atoms with Gasteiger partial charge in [0.05, 0.1) is 11.8 Å². The molecule has 3 N–H and O–H groups in total. The summed E-state index contributed by atoms with van der Waals surface area (Å²) in [6.07, 6.45) is 2.21. The molecule has 0 aliphatic rings. The number of benzene rings is 1. The van der Waals surface area contributed by atoms with Crippen LogP contribution in [0.4, 0.5) is 10.1 Å². The van der Waals surface area contributed by atoms with Crippen molar-refractivity contribution < 1.29 is 18.3 Å². The van der Waals surface area contributed by atoms with Gasteiger partial charge in [0.15, 0.2) is 0 Å². The number of nitrogens with one attached hydrogen (secondary N) is 1. The van der Waals surface area contributed by atoms with E-state index in [0.29, 0.717) is 26.2 Å². The maximum atomic E-state index is 13.5. The number of hydrogen-bond acceptors (Lipinski definition) is 4. The Morgan fingerprint density at radius 3 is 2.95 bits per heavy atom. The van der Waals surface area contributed by atoms with Crippen molar-refractivity contribution in [3.63, 3.8) is 0 Å². The van der Waals surface area contributed by atoms with E-state index in [9.17, 15) is 9.18 Å². The number of halogens is 1. The van der Waals surface area contributed by atoms with Crippen LogP contribution in [0.1, 0.15) is 22.5 Å². The number of hydrogen-bond donors (Lipinski definition) is 2. The lowest BCUT2D eigenvalue weighted by atomic mass is 10.2. The maximum Gasteiger partial charge on any atom is 0.254 e. The third-order valence-electron chi connectivity index (χ3n) is 2.81. The summed E-state index contributed by atoms with van der Waals surface area (Å²) < 4.78 is 24.0. The first-order valence-electron chi connectivity index (χ1n) is 6.60. The van der Waals surface area contributed by atoms with Crippen LogP contribution >= 0.6 is 0 Å². The van der Waals surface area contributed by atoms with E-state index in [1.165, 1.54) is 12.1 Å². The predicted molar refractivity (Wildman–Crippen MR) is 76.1 cm³/mol. The van der Waals surface area contributed by atoms with Crippen LogP contribution in [0.2, 0.25) is 0 Å². The van der Waals surface area contributed by atoms with E-state index in [0.717, 1.165) is 11.8 Å². The van der Waals surface area contributed by atoms with E-state index in [2.05, 4.69) is 5.32 Å². The zero-order valence-corrected chi connectivity index (χ0v) is 11.5. The molecule has 2 aromatic rings. The average Bonchev–Trinajstić information content (AvgIpc) is 2.95. The predicted octanol–water partition coefficient (Wildman–Crippen LogP) is 2.34. The molecule has 0 unspecified atom stereocenters. The van der Waals surface area contributed by atoms with E-state index in [1.54, 1.807) is 12.3 Å². The van der Waals surface area contributed by atoms with E-state index >= 15 is 0 Å². The first kappa shape index (κ1) is 15.1. The van der Waals surface area contributed by atoms with Crippen LogP contribution in [0, 0.1) is 5.82 Å². The second-order valence-electron chi connectivity index (χ2n) is 4.48. The fraction of sp³-hybridized carbons (Fsp3) is 0.267. The molecule has 1 aromatic carbocycles. The van der Waals surface area contributed by atoms with E-state index < -0.39 is 11.7 Å². The average molecular weight is 292 g/mol. The van der Waals surface area contributed by atoms with Crippen LogP contribution in [0.5, 0.6) is 0 Å². The molecule has 2 rings (SSSR count). The van der Waals surface area contributed by atoms with E-state index in [-0.39, 0.29) is 11.3 Å². The highest BCUT2D eigenvalue weighted by Gasteiger charge is 2.10. The molecule has 0 saturated carbocycles. The normalized spacial score (nSPS) is 10.5. The highest BCUT2D eigenvalue weighted by atomic mass is 19.1. The number of nitrogen functional groups attached to an aromatic ring is 1. The molecule has 0 radical (unpaired) electrons. The molecular weight excluding hydrogens is 275 g/mol. The number of furan rings is 1. The summed E-state index contributed by atoms with van der Waals surface area (Å²) in [5, 5.41) is 2.63. The minimum atomic E-state index is -0.624. The van der Waals surface area contributed by atoms with Crippen molar-refractivity contribution in [2.45, 2.75) is 13.0 Å². The Kier molecular flexibility index (Phi) is 5.34. The van der Waals surface area contributed by atoms with Gasteiger partial charge in [-0.3, -0.25) is 4.79 Å². The minimum Gasteiger partial charge on any atom is -0.467 e. The van der Waals surface area contributed by atoms with Crippen molar-refractivity contribution in [3.05, 3.63) is 53.7 Å². The fourth-order valence-corrected chi connectivity index (χ4v) is 1.75. The molecule has 0 spiro atoms. The molecule has 0 aliphatic carbocycles. The van der Waals surface area contributed by atoms with Crippen LogP contribution < -0.4 is 11.1 Å². The summed E-state index contributed by atoms with van der Waals surface area (Å²) in [6, 6.07) is 7.60. The Bertz CT molecular complexity index is 585. The first-order valence-corrected chi connectivity index (χ1v) is 6.60. The molecule has 21 heavy (non-hydrogen) atoms. The first-order chi connectivity index (χ1) is 10.2.